The molecule has 3 rings (SSSR count). The first-order chi connectivity index (χ1) is 12.7. The number of anilines is 1. The van der Waals surface area contributed by atoms with Crippen LogP contribution in [-0.2, 0) is 0 Å². The summed E-state index contributed by atoms with van der Waals surface area (Å²) in [4.78, 5) is 12.6. The molecule has 0 atom stereocenters. The van der Waals surface area contributed by atoms with Crippen LogP contribution in [0.1, 0.15) is 10.4 Å². The fourth-order valence-corrected chi connectivity index (χ4v) is 2.71. The molecule has 3 aromatic rings. The predicted molar refractivity (Wildman–Crippen MR) is 110 cm³/mol. The summed E-state index contributed by atoms with van der Waals surface area (Å²) in [6, 6.07) is 20.6. The van der Waals surface area contributed by atoms with E-state index >= 15 is 0 Å². The predicted octanol–water partition coefficient (Wildman–Crippen LogP) is 4.53. The quantitative estimate of drug-likeness (QED) is 0.517. The van der Waals surface area contributed by atoms with E-state index in [0.717, 1.165) is 16.5 Å². The average molecular weight is 362 g/mol. The highest BCUT2D eigenvalue weighted by Crippen LogP contribution is 2.24. The second-order valence-corrected chi connectivity index (χ2v) is 5.94. The fraction of sp³-hybridized carbons (Fsp3) is 0.0476. The summed E-state index contributed by atoms with van der Waals surface area (Å²) in [5.74, 6) is 0.286. The Bertz CT molecular complexity index is 964. The lowest BCUT2D eigenvalue weighted by Gasteiger charge is -2.11. The van der Waals surface area contributed by atoms with Gasteiger partial charge in [0.25, 0.3) is 11.1 Å². The van der Waals surface area contributed by atoms with Crippen LogP contribution in [0.5, 0.6) is 5.75 Å². The zero-order valence-corrected chi connectivity index (χ0v) is 14.9. The highest BCUT2D eigenvalue weighted by Gasteiger charge is 2.10. The lowest BCUT2D eigenvalue weighted by Crippen LogP contribution is -2.26. The highest BCUT2D eigenvalue weighted by atomic mass is 32.1. The lowest BCUT2D eigenvalue weighted by atomic mass is 10.1. The highest BCUT2D eigenvalue weighted by molar-refractivity contribution is 7.80. The number of hydrogen-bond donors (Lipinski definition) is 2. The van der Waals surface area contributed by atoms with Gasteiger partial charge in [-0.05, 0) is 41.9 Å². The molecule has 0 bridgehead atoms. The van der Waals surface area contributed by atoms with E-state index in [0.29, 0.717) is 17.9 Å². The maximum Gasteiger partial charge on any atom is 0.262 e. The van der Waals surface area contributed by atoms with Crippen LogP contribution in [0.25, 0.3) is 10.8 Å². The second kappa shape index (κ2) is 8.27. The molecule has 0 unspecified atom stereocenters. The Morgan fingerprint density at radius 1 is 1.08 bits per heavy atom. The van der Waals surface area contributed by atoms with Gasteiger partial charge >= 0.3 is 0 Å². The second-order valence-electron chi connectivity index (χ2n) is 5.57. The molecule has 0 aliphatic rings. The minimum Gasteiger partial charge on any atom is -0.432 e. The van der Waals surface area contributed by atoms with E-state index < -0.39 is 0 Å². The Balaban J connectivity index is 1.76. The van der Waals surface area contributed by atoms with E-state index in [-0.39, 0.29) is 11.1 Å². The molecule has 5 heteroatoms. The standard InChI is InChI=1S/C21H18N2O2S/c1-2-13-22-21(26)25-17-10-5-9-16(14-17)20(24)23-19-12-6-8-15-7-3-4-11-18(15)19/h2-12,14H,1,13H2,(H,22,26)(H,23,24). The Labute approximate surface area is 157 Å². The number of amides is 1. The van der Waals surface area contributed by atoms with Crippen molar-refractivity contribution in [2.24, 2.45) is 0 Å². The third-order valence-corrected chi connectivity index (χ3v) is 3.96. The molecule has 0 aromatic heterocycles. The van der Waals surface area contributed by atoms with Crippen LogP contribution in [-0.4, -0.2) is 17.6 Å². The van der Waals surface area contributed by atoms with Gasteiger partial charge in [-0.25, -0.2) is 0 Å². The zero-order valence-electron chi connectivity index (χ0n) is 14.1. The van der Waals surface area contributed by atoms with Crippen molar-refractivity contribution in [1.29, 1.82) is 0 Å². The number of fused-ring (bicyclic) bond motifs is 1. The molecular weight excluding hydrogens is 344 g/mol. The van der Waals surface area contributed by atoms with Crippen LogP contribution >= 0.6 is 12.2 Å². The first-order valence-electron chi connectivity index (χ1n) is 8.13. The van der Waals surface area contributed by atoms with Crippen LogP contribution in [0.3, 0.4) is 0 Å². The third kappa shape index (κ3) is 4.26. The number of ether oxygens (including phenoxy) is 1. The molecule has 26 heavy (non-hydrogen) atoms. The van der Waals surface area contributed by atoms with Gasteiger partial charge in [-0.3, -0.25) is 4.79 Å². The molecule has 1 amide bonds. The van der Waals surface area contributed by atoms with Gasteiger partial charge < -0.3 is 15.4 Å². The first kappa shape index (κ1) is 17.6. The van der Waals surface area contributed by atoms with Crippen molar-refractivity contribution in [3.63, 3.8) is 0 Å². The van der Waals surface area contributed by atoms with Gasteiger partial charge in [-0.1, -0.05) is 48.5 Å². The fourth-order valence-electron chi connectivity index (χ4n) is 2.53. The van der Waals surface area contributed by atoms with E-state index in [1.165, 1.54) is 0 Å². The number of benzene rings is 3. The number of hydrogen-bond acceptors (Lipinski definition) is 3. The summed E-state index contributed by atoms with van der Waals surface area (Å²) < 4.78 is 5.52. The summed E-state index contributed by atoms with van der Waals surface area (Å²) in [5, 5.41) is 8.13. The Morgan fingerprint density at radius 2 is 1.85 bits per heavy atom. The van der Waals surface area contributed by atoms with Gasteiger partial charge in [-0.2, -0.15) is 0 Å². The van der Waals surface area contributed by atoms with Crippen molar-refractivity contribution >= 4 is 39.8 Å². The number of nitrogens with one attached hydrogen (secondary N) is 2. The topological polar surface area (TPSA) is 50.4 Å². The number of rotatable bonds is 5. The minimum atomic E-state index is -0.211. The summed E-state index contributed by atoms with van der Waals surface area (Å²) >= 11 is 5.09. The zero-order chi connectivity index (χ0) is 18.4. The maximum absolute atomic E-state index is 12.6. The van der Waals surface area contributed by atoms with Gasteiger partial charge in [-0.15, -0.1) is 6.58 Å². The summed E-state index contributed by atoms with van der Waals surface area (Å²) in [7, 11) is 0. The molecule has 0 fully saturated rings. The molecule has 4 nitrogen and oxygen atoms in total. The van der Waals surface area contributed by atoms with Gasteiger partial charge in [0, 0.05) is 23.2 Å². The monoisotopic (exact) mass is 362 g/mol. The van der Waals surface area contributed by atoms with Crippen molar-refractivity contribution in [3.8, 4) is 5.75 Å². The Morgan fingerprint density at radius 3 is 2.69 bits per heavy atom. The van der Waals surface area contributed by atoms with Crippen molar-refractivity contribution in [3.05, 3.63) is 84.9 Å². The molecular formula is C21H18N2O2S. The summed E-state index contributed by atoms with van der Waals surface area (Å²) in [6.07, 6.45) is 1.68. The molecule has 0 saturated heterocycles. The molecule has 0 saturated carbocycles. The van der Waals surface area contributed by atoms with Gasteiger partial charge in [0.1, 0.15) is 5.75 Å². The summed E-state index contributed by atoms with van der Waals surface area (Å²) in [6.45, 7) is 4.12. The summed E-state index contributed by atoms with van der Waals surface area (Å²) in [5.41, 5.74) is 1.25. The Hall–Kier alpha value is -3.18. The molecule has 0 heterocycles. The molecule has 130 valence electrons. The molecule has 0 spiro atoms. The maximum atomic E-state index is 12.6. The van der Waals surface area contributed by atoms with E-state index in [4.69, 9.17) is 17.0 Å². The molecule has 0 aliphatic heterocycles. The van der Waals surface area contributed by atoms with Gasteiger partial charge in [0.15, 0.2) is 0 Å². The lowest BCUT2D eigenvalue weighted by molar-refractivity contribution is 0.102. The molecule has 0 radical (unpaired) electrons. The van der Waals surface area contributed by atoms with Gasteiger partial charge in [0.2, 0.25) is 0 Å². The van der Waals surface area contributed by atoms with Crippen LogP contribution in [0.15, 0.2) is 79.4 Å². The van der Waals surface area contributed by atoms with Crippen molar-refractivity contribution in [2.75, 3.05) is 11.9 Å². The number of carbonyl (C=O) groups excluding carboxylic acids is 1. The average Bonchev–Trinajstić information content (AvgIpc) is 2.67. The largest absolute Gasteiger partial charge is 0.432 e. The molecule has 2 N–H and O–H groups in total. The van der Waals surface area contributed by atoms with E-state index in [1.54, 1.807) is 30.3 Å². The molecule has 0 aliphatic carbocycles. The smallest absolute Gasteiger partial charge is 0.262 e. The van der Waals surface area contributed by atoms with Crippen LogP contribution < -0.4 is 15.4 Å². The van der Waals surface area contributed by atoms with Crippen LogP contribution in [0.4, 0.5) is 5.69 Å². The normalized spacial score (nSPS) is 10.2. The SMILES string of the molecule is C=CCNC(=S)Oc1cccc(C(=O)Nc2cccc3ccccc23)c1. The number of carbonyl (C=O) groups is 1. The van der Waals surface area contributed by atoms with Crippen LogP contribution in [0, 0.1) is 0 Å². The minimum absolute atomic E-state index is 0.211. The van der Waals surface area contributed by atoms with E-state index in [2.05, 4.69) is 17.2 Å². The number of thiocarbonyl (C=S) groups is 1. The van der Waals surface area contributed by atoms with E-state index in [1.807, 2.05) is 42.5 Å². The van der Waals surface area contributed by atoms with Crippen molar-refractivity contribution < 1.29 is 9.53 Å². The van der Waals surface area contributed by atoms with Gasteiger partial charge in [0.05, 0.1) is 0 Å². The third-order valence-electron chi connectivity index (χ3n) is 3.74. The molecule has 3 aromatic carbocycles. The van der Waals surface area contributed by atoms with Crippen molar-refractivity contribution in [1.82, 2.24) is 5.32 Å². The first-order valence-corrected chi connectivity index (χ1v) is 8.54. The van der Waals surface area contributed by atoms with E-state index in [9.17, 15) is 4.79 Å². The van der Waals surface area contributed by atoms with Crippen LogP contribution in [0.2, 0.25) is 0 Å². The van der Waals surface area contributed by atoms with Crippen molar-refractivity contribution in [2.45, 2.75) is 0 Å². The Kier molecular flexibility index (Phi) is 5.61.